The summed E-state index contributed by atoms with van der Waals surface area (Å²) in [5.41, 5.74) is 2.42. The highest BCUT2D eigenvalue weighted by molar-refractivity contribution is 5.13. The molecular formula is C16H22O2. The van der Waals surface area contributed by atoms with Crippen molar-refractivity contribution in [1.82, 2.24) is 0 Å². The summed E-state index contributed by atoms with van der Waals surface area (Å²) in [4.78, 5) is 0. The Bertz CT molecular complexity index is 372. The Morgan fingerprint density at radius 3 is 2.89 bits per heavy atom. The second kappa shape index (κ2) is 6.72. The van der Waals surface area contributed by atoms with E-state index in [2.05, 4.69) is 25.6 Å². The van der Waals surface area contributed by atoms with Gasteiger partial charge in [0.1, 0.15) is 0 Å². The van der Waals surface area contributed by atoms with Crippen LogP contribution in [0, 0.1) is 5.92 Å². The third-order valence-electron chi connectivity index (χ3n) is 3.47. The number of hydrogen-bond donors (Lipinski definition) is 0. The van der Waals surface area contributed by atoms with Crippen LogP contribution in [0.15, 0.2) is 42.5 Å². The fraction of sp³-hybridized carbons (Fsp3) is 0.500. The topological polar surface area (TPSA) is 18.5 Å². The predicted octanol–water partition coefficient (Wildman–Crippen LogP) is 3.57. The molecule has 2 atom stereocenters. The van der Waals surface area contributed by atoms with Crippen LogP contribution in [0.25, 0.3) is 0 Å². The minimum Gasteiger partial charge on any atom is -0.375 e. The molecular weight excluding hydrogens is 224 g/mol. The van der Waals surface area contributed by atoms with Gasteiger partial charge in [-0.05, 0) is 25.3 Å². The van der Waals surface area contributed by atoms with Gasteiger partial charge in [-0.15, -0.1) is 0 Å². The quantitative estimate of drug-likeness (QED) is 0.739. The average Bonchev–Trinajstić information content (AvgIpc) is 2.40. The molecule has 0 saturated carbocycles. The van der Waals surface area contributed by atoms with Crippen LogP contribution in [-0.4, -0.2) is 19.3 Å². The molecule has 0 bridgehead atoms. The minimum absolute atomic E-state index is 0.181. The predicted molar refractivity (Wildman–Crippen MR) is 73.4 cm³/mol. The third kappa shape index (κ3) is 3.69. The number of ether oxygens (including phenoxy) is 2. The Kier molecular flexibility index (Phi) is 4.97. The van der Waals surface area contributed by atoms with Crippen molar-refractivity contribution in [3.8, 4) is 0 Å². The molecule has 98 valence electrons. The molecule has 0 unspecified atom stereocenters. The number of rotatable bonds is 5. The van der Waals surface area contributed by atoms with E-state index < -0.39 is 0 Å². The molecule has 2 nitrogen and oxygen atoms in total. The standard InChI is InChI=1S/C16H22O2/c1-13(2)15-9-6-10-18-16(15)12-17-11-14-7-4-3-5-8-14/h3-5,7-8,15-16H,1,6,9-12H2,2H3/t15-,16-/m1/s1. The largest absolute Gasteiger partial charge is 0.375 e. The molecule has 2 rings (SSSR count). The van der Waals surface area contributed by atoms with E-state index in [0.717, 1.165) is 13.0 Å². The molecule has 18 heavy (non-hydrogen) atoms. The SMILES string of the molecule is C=C(C)[C@H]1CCCO[C@@H]1COCc1ccccc1. The molecule has 0 N–H and O–H groups in total. The van der Waals surface area contributed by atoms with Crippen molar-refractivity contribution in [3.63, 3.8) is 0 Å². The highest BCUT2D eigenvalue weighted by atomic mass is 16.5. The molecule has 0 radical (unpaired) electrons. The molecule has 1 aromatic rings. The monoisotopic (exact) mass is 246 g/mol. The van der Waals surface area contributed by atoms with Gasteiger partial charge in [0.25, 0.3) is 0 Å². The van der Waals surface area contributed by atoms with E-state index >= 15 is 0 Å². The maximum atomic E-state index is 5.80. The zero-order valence-corrected chi connectivity index (χ0v) is 11.1. The van der Waals surface area contributed by atoms with Gasteiger partial charge in [0.15, 0.2) is 0 Å². The molecule has 2 heteroatoms. The first-order valence-electron chi connectivity index (χ1n) is 6.66. The van der Waals surface area contributed by atoms with Crippen LogP contribution in [0.3, 0.4) is 0 Å². The Balaban J connectivity index is 1.79. The summed E-state index contributed by atoms with van der Waals surface area (Å²) >= 11 is 0. The van der Waals surface area contributed by atoms with Crippen LogP contribution in [0.1, 0.15) is 25.3 Å². The molecule has 1 heterocycles. The molecule has 1 fully saturated rings. The van der Waals surface area contributed by atoms with Crippen LogP contribution in [0.5, 0.6) is 0 Å². The maximum Gasteiger partial charge on any atom is 0.0873 e. The zero-order valence-electron chi connectivity index (χ0n) is 11.1. The summed E-state index contributed by atoms with van der Waals surface area (Å²) in [5, 5.41) is 0. The second-order valence-corrected chi connectivity index (χ2v) is 5.01. The van der Waals surface area contributed by atoms with E-state index in [-0.39, 0.29) is 6.10 Å². The Hall–Kier alpha value is -1.12. The van der Waals surface area contributed by atoms with Gasteiger partial charge in [-0.2, -0.15) is 0 Å². The lowest BCUT2D eigenvalue weighted by atomic mass is 9.89. The molecule has 1 aliphatic rings. The van der Waals surface area contributed by atoms with Crippen molar-refractivity contribution in [2.24, 2.45) is 5.92 Å². The zero-order chi connectivity index (χ0) is 12.8. The molecule has 0 aromatic heterocycles. The maximum absolute atomic E-state index is 5.80. The van der Waals surface area contributed by atoms with Gasteiger partial charge in [0.2, 0.25) is 0 Å². The second-order valence-electron chi connectivity index (χ2n) is 5.01. The molecule has 1 aliphatic heterocycles. The van der Waals surface area contributed by atoms with Gasteiger partial charge in [-0.25, -0.2) is 0 Å². The lowest BCUT2D eigenvalue weighted by Gasteiger charge is -2.32. The van der Waals surface area contributed by atoms with Gasteiger partial charge in [-0.3, -0.25) is 0 Å². The summed E-state index contributed by atoms with van der Waals surface area (Å²) in [6, 6.07) is 10.2. The van der Waals surface area contributed by atoms with E-state index in [9.17, 15) is 0 Å². The summed E-state index contributed by atoms with van der Waals surface area (Å²) in [6.45, 7) is 8.31. The normalized spacial score (nSPS) is 23.8. The molecule has 0 aliphatic carbocycles. The first-order chi connectivity index (χ1) is 8.77. The fourth-order valence-corrected chi connectivity index (χ4v) is 2.44. The van der Waals surface area contributed by atoms with Gasteiger partial charge in [-0.1, -0.05) is 42.5 Å². The van der Waals surface area contributed by atoms with Crippen molar-refractivity contribution < 1.29 is 9.47 Å². The average molecular weight is 246 g/mol. The summed E-state index contributed by atoms with van der Waals surface area (Å²) in [5.74, 6) is 0.453. The van der Waals surface area contributed by atoms with Crippen molar-refractivity contribution in [3.05, 3.63) is 48.0 Å². The number of hydrogen-bond acceptors (Lipinski definition) is 2. The van der Waals surface area contributed by atoms with Crippen molar-refractivity contribution in [2.45, 2.75) is 32.5 Å². The van der Waals surface area contributed by atoms with Gasteiger partial charge in [0.05, 0.1) is 19.3 Å². The van der Waals surface area contributed by atoms with Crippen LogP contribution in [-0.2, 0) is 16.1 Å². The van der Waals surface area contributed by atoms with E-state index in [1.54, 1.807) is 0 Å². The lowest BCUT2D eigenvalue weighted by Crippen LogP contribution is -2.34. The van der Waals surface area contributed by atoms with Crippen LogP contribution < -0.4 is 0 Å². The molecule has 0 spiro atoms. The van der Waals surface area contributed by atoms with Gasteiger partial charge >= 0.3 is 0 Å². The van der Waals surface area contributed by atoms with Crippen LogP contribution in [0.4, 0.5) is 0 Å². The van der Waals surface area contributed by atoms with Crippen molar-refractivity contribution in [1.29, 1.82) is 0 Å². The summed E-state index contributed by atoms with van der Waals surface area (Å²) < 4.78 is 11.6. The van der Waals surface area contributed by atoms with E-state index in [1.807, 2.05) is 18.2 Å². The lowest BCUT2D eigenvalue weighted by molar-refractivity contribution is -0.0673. The summed E-state index contributed by atoms with van der Waals surface area (Å²) in [7, 11) is 0. The van der Waals surface area contributed by atoms with Gasteiger partial charge < -0.3 is 9.47 Å². The highest BCUT2D eigenvalue weighted by Crippen LogP contribution is 2.26. The Morgan fingerprint density at radius 1 is 1.39 bits per heavy atom. The first kappa shape index (κ1) is 13.3. The first-order valence-corrected chi connectivity index (χ1v) is 6.66. The molecule has 0 amide bonds. The minimum atomic E-state index is 0.181. The Labute approximate surface area is 110 Å². The van der Waals surface area contributed by atoms with E-state index in [4.69, 9.17) is 9.47 Å². The molecule has 1 saturated heterocycles. The highest BCUT2D eigenvalue weighted by Gasteiger charge is 2.26. The molecule has 1 aromatic carbocycles. The van der Waals surface area contributed by atoms with Gasteiger partial charge in [0, 0.05) is 12.5 Å². The number of benzene rings is 1. The van der Waals surface area contributed by atoms with E-state index in [0.29, 0.717) is 19.1 Å². The third-order valence-corrected chi connectivity index (χ3v) is 3.47. The van der Waals surface area contributed by atoms with Crippen LogP contribution >= 0.6 is 0 Å². The van der Waals surface area contributed by atoms with Crippen molar-refractivity contribution in [2.75, 3.05) is 13.2 Å². The fourth-order valence-electron chi connectivity index (χ4n) is 2.44. The van der Waals surface area contributed by atoms with E-state index in [1.165, 1.54) is 17.6 Å². The Morgan fingerprint density at radius 2 is 2.17 bits per heavy atom. The summed E-state index contributed by atoms with van der Waals surface area (Å²) in [6.07, 6.45) is 2.49. The smallest absolute Gasteiger partial charge is 0.0873 e. The van der Waals surface area contributed by atoms with Crippen molar-refractivity contribution >= 4 is 0 Å². The van der Waals surface area contributed by atoms with Crippen LogP contribution in [0.2, 0.25) is 0 Å².